The van der Waals surface area contributed by atoms with E-state index in [1.54, 1.807) is 38.1 Å². The molecule has 2 aromatic carbocycles. The number of hydrogen-bond acceptors (Lipinski definition) is 8. The number of alkyl halides is 3. The van der Waals surface area contributed by atoms with Gasteiger partial charge in [-0.25, -0.2) is 4.98 Å². The molecule has 12 heteroatoms. The fourth-order valence-electron chi connectivity index (χ4n) is 5.21. The van der Waals surface area contributed by atoms with Crippen molar-refractivity contribution in [2.45, 2.75) is 44.9 Å². The molecule has 2 aliphatic rings. The van der Waals surface area contributed by atoms with E-state index in [0.29, 0.717) is 28.7 Å². The van der Waals surface area contributed by atoms with Crippen molar-refractivity contribution in [1.29, 1.82) is 0 Å². The second-order valence-electron chi connectivity index (χ2n) is 10.5. The maximum Gasteiger partial charge on any atom is 0.421 e. The first-order valence-electron chi connectivity index (χ1n) is 13.0. The first-order chi connectivity index (χ1) is 19.0. The molecule has 1 amide bonds. The van der Waals surface area contributed by atoms with Crippen LogP contribution in [0.25, 0.3) is 0 Å². The number of methoxy groups -OCH3 is 1. The van der Waals surface area contributed by atoms with Gasteiger partial charge < -0.3 is 30.9 Å². The normalized spacial score (nSPS) is 18.2. The van der Waals surface area contributed by atoms with Crippen molar-refractivity contribution in [2.24, 2.45) is 0 Å². The lowest BCUT2D eigenvalue weighted by molar-refractivity contribution is -0.137. The van der Waals surface area contributed by atoms with Crippen LogP contribution in [0.4, 0.5) is 42.0 Å². The van der Waals surface area contributed by atoms with E-state index >= 15 is 0 Å². The molecule has 0 saturated carbocycles. The van der Waals surface area contributed by atoms with Crippen LogP contribution in [-0.4, -0.2) is 48.7 Å². The van der Waals surface area contributed by atoms with Gasteiger partial charge in [0.05, 0.1) is 18.2 Å². The second-order valence-corrected chi connectivity index (χ2v) is 10.5. The fourth-order valence-corrected chi connectivity index (χ4v) is 5.21. The monoisotopic (exact) mass is 555 g/mol. The number of rotatable bonds is 7. The Kier molecular flexibility index (Phi) is 7.21. The summed E-state index contributed by atoms with van der Waals surface area (Å²) in [5.74, 6) is -0.0392. The predicted molar refractivity (Wildman–Crippen MR) is 148 cm³/mol. The molecule has 0 bridgehead atoms. The van der Waals surface area contributed by atoms with Crippen LogP contribution in [-0.2, 0) is 22.9 Å². The minimum absolute atomic E-state index is 0.0205. The number of amides is 1. The van der Waals surface area contributed by atoms with Crippen LogP contribution >= 0.6 is 0 Å². The number of benzene rings is 2. The number of ether oxygens (including phenoxy) is 1. The maximum absolute atomic E-state index is 13.9. The molecule has 4 N–H and O–H groups in total. The third-order valence-corrected chi connectivity index (χ3v) is 7.30. The van der Waals surface area contributed by atoms with Crippen LogP contribution in [0.15, 0.2) is 42.6 Å². The van der Waals surface area contributed by atoms with E-state index in [0.717, 1.165) is 37.1 Å². The van der Waals surface area contributed by atoms with Gasteiger partial charge in [0.25, 0.3) is 0 Å². The lowest BCUT2D eigenvalue weighted by atomic mass is 9.83. The summed E-state index contributed by atoms with van der Waals surface area (Å²) in [4.78, 5) is 22.8. The van der Waals surface area contributed by atoms with Gasteiger partial charge in [0.1, 0.15) is 17.1 Å². The molecule has 1 saturated heterocycles. The van der Waals surface area contributed by atoms with E-state index in [-0.39, 0.29) is 24.2 Å². The van der Waals surface area contributed by atoms with E-state index in [9.17, 15) is 18.0 Å². The molecule has 9 nitrogen and oxygen atoms in total. The number of carbonyl (C=O) groups excluding carboxylic acids is 1. The minimum atomic E-state index is -4.67. The third kappa shape index (κ3) is 5.35. The molecule has 2 aliphatic heterocycles. The van der Waals surface area contributed by atoms with Crippen LogP contribution in [0.5, 0.6) is 5.75 Å². The summed E-state index contributed by atoms with van der Waals surface area (Å²) >= 11 is 0. The Morgan fingerprint density at radius 1 is 1.23 bits per heavy atom. The van der Waals surface area contributed by atoms with Gasteiger partial charge in [-0.05, 0) is 50.1 Å². The topological polar surface area (TPSA) is 103 Å². The Hall–Kier alpha value is -4.06. The number of nitrogens with one attached hydrogen (secondary N) is 4. The summed E-state index contributed by atoms with van der Waals surface area (Å²) in [5, 5.41) is 12.1. The maximum atomic E-state index is 13.9. The van der Waals surface area contributed by atoms with E-state index in [1.165, 1.54) is 7.11 Å². The number of aromatic nitrogens is 2. The number of carbonyl (C=O) groups is 1. The van der Waals surface area contributed by atoms with Gasteiger partial charge in [0.2, 0.25) is 11.9 Å². The molecule has 3 aromatic rings. The van der Waals surface area contributed by atoms with E-state index in [2.05, 4.69) is 43.1 Å². The van der Waals surface area contributed by atoms with Gasteiger partial charge in [-0.15, -0.1) is 0 Å². The summed E-state index contributed by atoms with van der Waals surface area (Å²) in [6.45, 7) is 8.29. The Labute approximate surface area is 230 Å². The van der Waals surface area contributed by atoms with Crippen LogP contribution in [0.2, 0.25) is 0 Å². The second kappa shape index (κ2) is 10.5. The van der Waals surface area contributed by atoms with Crippen LogP contribution in [0.1, 0.15) is 37.5 Å². The fraction of sp³-hybridized carbons (Fsp3) is 0.393. The Morgan fingerprint density at radius 3 is 2.75 bits per heavy atom. The Morgan fingerprint density at radius 2 is 2.02 bits per heavy atom. The summed E-state index contributed by atoms with van der Waals surface area (Å²) in [6, 6.07) is 11.3. The van der Waals surface area contributed by atoms with Crippen molar-refractivity contribution in [3.63, 3.8) is 0 Å². The summed E-state index contributed by atoms with van der Waals surface area (Å²) in [5.41, 5.74) is 1.80. The number of nitrogens with zero attached hydrogens (tertiary/aromatic N) is 3. The molecule has 3 heterocycles. The molecule has 5 rings (SSSR count). The lowest BCUT2D eigenvalue weighted by Crippen LogP contribution is -2.49. The summed E-state index contributed by atoms with van der Waals surface area (Å²) < 4.78 is 47.2. The Balaban J connectivity index is 1.41. The standard InChI is InChI=1S/C28H32F3N7O2/c1-16-15-38(11-10-32-16)18-8-9-20(22(12-18)40-4)36-26-34-14-19(28(29,30)31)24(37-26)33-13-17-6-5-7-21-23(17)27(2,3)25(39)35-21/h5-9,12,14,16,32H,10-11,13,15H2,1-4H3,(H,35,39)(H2,33,34,36,37). The zero-order valence-electron chi connectivity index (χ0n) is 22.7. The van der Waals surface area contributed by atoms with Crippen molar-refractivity contribution < 1.29 is 22.7 Å². The van der Waals surface area contributed by atoms with Crippen LogP contribution < -0.4 is 30.9 Å². The lowest BCUT2D eigenvalue weighted by Gasteiger charge is -2.34. The van der Waals surface area contributed by atoms with Crippen molar-refractivity contribution in [2.75, 3.05) is 47.6 Å². The van der Waals surface area contributed by atoms with Gasteiger partial charge in [-0.2, -0.15) is 18.2 Å². The minimum Gasteiger partial charge on any atom is -0.494 e. The molecular formula is C28H32F3N7O2. The average molecular weight is 556 g/mol. The van der Waals surface area contributed by atoms with Crippen molar-refractivity contribution in [1.82, 2.24) is 15.3 Å². The highest BCUT2D eigenvalue weighted by Gasteiger charge is 2.40. The Bertz CT molecular complexity index is 1430. The van der Waals surface area contributed by atoms with E-state index in [1.807, 2.05) is 12.1 Å². The molecule has 0 spiro atoms. The molecule has 1 aromatic heterocycles. The largest absolute Gasteiger partial charge is 0.494 e. The zero-order chi connectivity index (χ0) is 28.7. The SMILES string of the molecule is COc1cc(N2CCNC(C)C2)ccc1Nc1ncc(C(F)(F)F)c(NCc2cccc3c2C(C)(C)C(=O)N3)n1. The van der Waals surface area contributed by atoms with Gasteiger partial charge in [-0.1, -0.05) is 12.1 Å². The highest BCUT2D eigenvalue weighted by molar-refractivity contribution is 6.06. The number of halogens is 3. The van der Waals surface area contributed by atoms with Crippen LogP contribution in [0, 0.1) is 0 Å². The first kappa shape index (κ1) is 27.5. The van der Waals surface area contributed by atoms with Gasteiger partial charge in [0, 0.05) is 55.9 Å². The van der Waals surface area contributed by atoms with Gasteiger partial charge >= 0.3 is 6.18 Å². The molecule has 1 atom stereocenters. The quantitative estimate of drug-likeness (QED) is 0.327. The predicted octanol–water partition coefficient (Wildman–Crippen LogP) is 4.89. The molecule has 40 heavy (non-hydrogen) atoms. The van der Waals surface area contributed by atoms with E-state index in [4.69, 9.17) is 4.74 Å². The summed E-state index contributed by atoms with van der Waals surface area (Å²) in [7, 11) is 1.53. The highest BCUT2D eigenvalue weighted by atomic mass is 19.4. The van der Waals surface area contributed by atoms with Crippen LogP contribution in [0.3, 0.4) is 0 Å². The molecular weight excluding hydrogens is 523 g/mol. The smallest absolute Gasteiger partial charge is 0.421 e. The molecule has 1 unspecified atom stereocenters. The molecule has 0 radical (unpaired) electrons. The number of hydrogen-bond donors (Lipinski definition) is 4. The average Bonchev–Trinajstić information content (AvgIpc) is 3.15. The molecule has 212 valence electrons. The summed E-state index contributed by atoms with van der Waals surface area (Å²) in [6.07, 6.45) is -3.92. The van der Waals surface area contributed by atoms with E-state index < -0.39 is 17.2 Å². The van der Waals surface area contributed by atoms with Crippen molar-refractivity contribution in [3.8, 4) is 5.75 Å². The number of piperazine rings is 1. The zero-order valence-corrected chi connectivity index (χ0v) is 22.7. The van der Waals surface area contributed by atoms with Crippen molar-refractivity contribution >= 4 is 34.7 Å². The third-order valence-electron chi connectivity index (χ3n) is 7.30. The molecule has 0 aliphatic carbocycles. The van der Waals surface area contributed by atoms with Gasteiger partial charge in [-0.3, -0.25) is 4.79 Å². The highest BCUT2D eigenvalue weighted by Crippen LogP contribution is 2.41. The number of fused-ring (bicyclic) bond motifs is 1. The van der Waals surface area contributed by atoms with Gasteiger partial charge in [0.15, 0.2) is 0 Å². The number of anilines is 5. The van der Waals surface area contributed by atoms with Crippen molar-refractivity contribution in [3.05, 3.63) is 59.3 Å². The molecule has 1 fully saturated rings. The first-order valence-corrected chi connectivity index (χ1v) is 13.0.